The summed E-state index contributed by atoms with van der Waals surface area (Å²) in [4.78, 5) is 20.5. The van der Waals surface area contributed by atoms with E-state index in [0.717, 1.165) is 32.1 Å². The van der Waals surface area contributed by atoms with Crippen molar-refractivity contribution >= 4 is 13.8 Å². The molecule has 0 aliphatic rings. The first-order chi connectivity index (χ1) is 13.9. The Hall–Kier alpha value is -0.720. The zero-order valence-electron chi connectivity index (χ0n) is 18.0. The number of phosphoric acid groups is 1. The molecule has 0 saturated carbocycles. The van der Waals surface area contributed by atoms with E-state index in [4.69, 9.17) is 10.2 Å². The van der Waals surface area contributed by atoms with Gasteiger partial charge >= 0.3 is 13.8 Å². The number of carbonyl (C=O) groups is 1. The quantitative estimate of drug-likeness (QED) is 0.139. The summed E-state index contributed by atoms with van der Waals surface area (Å²) in [7, 11) is -4.53. The van der Waals surface area contributed by atoms with E-state index in [-0.39, 0.29) is 6.61 Å². The Morgan fingerprint density at radius 3 is 1.90 bits per heavy atom. The summed E-state index contributed by atoms with van der Waals surface area (Å²) in [6, 6.07) is 0. The summed E-state index contributed by atoms with van der Waals surface area (Å²) in [5, 5.41) is 17.6. The van der Waals surface area contributed by atoms with E-state index in [1.165, 1.54) is 51.4 Å². The molecule has 8 heteroatoms. The van der Waals surface area contributed by atoms with Crippen LogP contribution < -0.4 is 0 Å². The molecule has 0 amide bonds. The third-order valence-electron chi connectivity index (χ3n) is 4.56. The summed E-state index contributed by atoms with van der Waals surface area (Å²) < 4.78 is 20.3. The van der Waals surface area contributed by atoms with Gasteiger partial charge in [-0.1, -0.05) is 76.9 Å². The lowest BCUT2D eigenvalue weighted by atomic mass is 10.1. The van der Waals surface area contributed by atoms with Gasteiger partial charge in [0, 0.05) is 0 Å². The van der Waals surface area contributed by atoms with Crippen molar-refractivity contribution in [2.75, 3.05) is 13.2 Å². The molecule has 0 aromatic heterocycles. The number of aliphatic hydroxyl groups is 2. The Morgan fingerprint density at radius 1 is 0.897 bits per heavy atom. The Balaban J connectivity index is 3.43. The van der Waals surface area contributed by atoms with Gasteiger partial charge in [0.15, 0.2) is 6.10 Å². The van der Waals surface area contributed by atoms with Crippen LogP contribution in [0.4, 0.5) is 0 Å². The van der Waals surface area contributed by atoms with Gasteiger partial charge in [0.25, 0.3) is 0 Å². The highest BCUT2D eigenvalue weighted by molar-refractivity contribution is 7.48. The first kappa shape index (κ1) is 28.3. The third kappa shape index (κ3) is 19.0. The standard InChI is InChI=1S/C21H41O7P/c1-2-3-4-5-6-7-8-9-10-11-12-13-14-15-16-17-18-27-29(25,26)28-21(24)20(23)19-22/h9-10,20,22-23H,2-8,11-19H2,1H3,(H,25,26)/b10-9-. The maximum absolute atomic E-state index is 11.5. The van der Waals surface area contributed by atoms with E-state index >= 15 is 0 Å². The number of carbonyl (C=O) groups excluding carboxylic acids is 1. The number of aliphatic hydroxyl groups excluding tert-OH is 2. The SMILES string of the molecule is CCCCCCCC/C=C\CCCCCCCCOP(=O)(O)OC(=O)C(O)CO. The summed E-state index contributed by atoms with van der Waals surface area (Å²) in [5.74, 6) is -1.38. The van der Waals surface area contributed by atoms with Gasteiger partial charge in [-0.25, -0.2) is 9.36 Å². The number of phosphoric ester groups is 1. The molecule has 29 heavy (non-hydrogen) atoms. The van der Waals surface area contributed by atoms with Crippen LogP contribution in [-0.2, 0) is 18.4 Å². The Kier molecular flexibility index (Phi) is 18.8. The molecule has 2 unspecified atom stereocenters. The minimum absolute atomic E-state index is 0.00252. The highest BCUT2D eigenvalue weighted by Gasteiger charge is 2.29. The van der Waals surface area contributed by atoms with Gasteiger partial charge < -0.3 is 14.7 Å². The highest BCUT2D eigenvalue weighted by Crippen LogP contribution is 2.43. The number of hydrogen-bond acceptors (Lipinski definition) is 6. The topological polar surface area (TPSA) is 113 Å². The van der Waals surface area contributed by atoms with Gasteiger partial charge in [0.05, 0.1) is 13.2 Å². The lowest BCUT2D eigenvalue weighted by Crippen LogP contribution is -2.25. The van der Waals surface area contributed by atoms with Gasteiger partial charge in [-0.2, -0.15) is 0 Å². The molecule has 0 radical (unpaired) electrons. The molecule has 7 nitrogen and oxygen atoms in total. The number of hydrogen-bond donors (Lipinski definition) is 3. The molecular weight excluding hydrogens is 395 g/mol. The molecule has 0 heterocycles. The molecule has 3 N–H and O–H groups in total. The molecule has 0 aliphatic carbocycles. The smallest absolute Gasteiger partial charge is 0.393 e. The number of rotatable bonds is 20. The first-order valence-electron chi connectivity index (χ1n) is 11.1. The molecule has 0 bridgehead atoms. The van der Waals surface area contributed by atoms with Crippen LogP contribution in [0.15, 0.2) is 12.2 Å². The summed E-state index contributed by atoms with van der Waals surface area (Å²) in [5.41, 5.74) is 0. The van der Waals surface area contributed by atoms with Crippen LogP contribution in [0.1, 0.15) is 96.8 Å². The van der Waals surface area contributed by atoms with E-state index in [0.29, 0.717) is 6.42 Å². The van der Waals surface area contributed by atoms with Crippen LogP contribution in [0.5, 0.6) is 0 Å². The molecule has 2 atom stereocenters. The Morgan fingerprint density at radius 2 is 1.38 bits per heavy atom. The monoisotopic (exact) mass is 436 g/mol. The zero-order chi connectivity index (χ0) is 21.8. The molecule has 0 aliphatic heterocycles. The van der Waals surface area contributed by atoms with Crippen molar-refractivity contribution in [1.29, 1.82) is 0 Å². The molecule has 0 fully saturated rings. The van der Waals surface area contributed by atoms with E-state index in [1.54, 1.807) is 0 Å². The maximum Gasteiger partial charge on any atom is 0.529 e. The molecule has 0 saturated heterocycles. The van der Waals surface area contributed by atoms with E-state index in [9.17, 15) is 14.3 Å². The third-order valence-corrected chi connectivity index (χ3v) is 5.48. The lowest BCUT2D eigenvalue weighted by molar-refractivity contribution is -0.147. The van der Waals surface area contributed by atoms with Crippen molar-refractivity contribution in [1.82, 2.24) is 0 Å². The second kappa shape index (κ2) is 19.3. The van der Waals surface area contributed by atoms with Crippen molar-refractivity contribution in [3.05, 3.63) is 12.2 Å². The van der Waals surface area contributed by atoms with Gasteiger partial charge in [0.1, 0.15) is 0 Å². The van der Waals surface area contributed by atoms with E-state index in [1.807, 2.05) is 0 Å². The van der Waals surface area contributed by atoms with Gasteiger partial charge in [-0.15, -0.1) is 0 Å². The fraction of sp³-hybridized carbons (Fsp3) is 0.857. The zero-order valence-corrected chi connectivity index (χ0v) is 18.9. The van der Waals surface area contributed by atoms with Crippen LogP contribution >= 0.6 is 7.82 Å². The summed E-state index contributed by atoms with van der Waals surface area (Å²) in [6.07, 6.45) is 19.0. The minimum atomic E-state index is -4.53. The van der Waals surface area contributed by atoms with Crippen molar-refractivity contribution in [2.24, 2.45) is 0 Å². The molecule has 0 aromatic carbocycles. The molecule has 0 rings (SSSR count). The molecule has 0 aromatic rings. The van der Waals surface area contributed by atoms with Crippen molar-refractivity contribution in [3.8, 4) is 0 Å². The summed E-state index contributed by atoms with van der Waals surface area (Å²) in [6.45, 7) is 1.36. The largest absolute Gasteiger partial charge is 0.529 e. The molecule has 0 spiro atoms. The van der Waals surface area contributed by atoms with Crippen LogP contribution in [0.2, 0.25) is 0 Å². The van der Waals surface area contributed by atoms with Crippen LogP contribution in [0.25, 0.3) is 0 Å². The molecular formula is C21H41O7P. The van der Waals surface area contributed by atoms with Crippen molar-refractivity contribution in [3.63, 3.8) is 0 Å². The number of unbranched alkanes of at least 4 members (excludes halogenated alkanes) is 12. The van der Waals surface area contributed by atoms with E-state index < -0.39 is 26.5 Å². The van der Waals surface area contributed by atoms with Gasteiger partial charge in [-0.05, 0) is 32.1 Å². The van der Waals surface area contributed by atoms with Crippen LogP contribution in [0, 0.1) is 0 Å². The predicted octanol–water partition coefficient (Wildman–Crippen LogP) is 5.04. The fourth-order valence-corrected chi connectivity index (χ4v) is 3.57. The average molecular weight is 437 g/mol. The molecule has 172 valence electrons. The predicted molar refractivity (Wildman–Crippen MR) is 114 cm³/mol. The second-order valence-corrected chi connectivity index (χ2v) is 8.73. The van der Waals surface area contributed by atoms with Gasteiger partial charge in [0.2, 0.25) is 0 Å². The minimum Gasteiger partial charge on any atom is -0.393 e. The normalized spacial score (nSPS) is 14.8. The Bertz CT molecular complexity index is 468. The van der Waals surface area contributed by atoms with Gasteiger partial charge in [-0.3, -0.25) is 9.42 Å². The van der Waals surface area contributed by atoms with E-state index in [2.05, 4.69) is 28.1 Å². The van der Waals surface area contributed by atoms with Crippen molar-refractivity contribution < 1.29 is 33.5 Å². The maximum atomic E-state index is 11.5. The lowest BCUT2D eigenvalue weighted by Gasteiger charge is -2.13. The first-order valence-corrected chi connectivity index (χ1v) is 12.6. The Labute approximate surface area is 176 Å². The van der Waals surface area contributed by atoms with Crippen LogP contribution in [0.3, 0.4) is 0 Å². The fourth-order valence-electron chi connectivity index (χ4n) is 2.80. The van der Waals surface area contributed by atoms with Crippen molar-refractivity contribution in [2.45, 2.75) is 103 Å². The summed E-state index contributed by atoms with van der Waals surface area (Å²) >= 11 is 0. The van der Waals surface area contributed by atoms with Crippen LogP contribution in [-0.4, -0.2) is 40.4 Å². The second-order valence-electron chi connectivity index (χ2n) is 7.35. The number of allylic oxidation sites excluding steroid dienone is 2. The average Bonchev–Trinajstić information content (AvgIpc) is 2.69. The highest BCUT2D eigenvalue weighted by atomic mass is 31.2.